The highest BCUT2D eigenvalue weighted by Crippen LogP contribution is 2.23. The fourth-order valence-corrected chi connectivity index (χ4v) is 1.36. The molecule has 88 valence electrons. The standard InChI is InChI=1S/C12H12N2O3/c1-16-10-6-3-2-5-9(10)13-12(15)14-11-7-4-8-17-11/h2-8H,1H3,(H2,13,14,15). The number of nitrogens with one attached hydrogen (secondary N) is 2. The Balaban J connectivity index is 2.03. The number of furan rings is 1. The van der Waals surface area contributed by atoms with Crippen molar-refractivity contribution in [1.82, 2.24) is 0 Å². The van der Waals surface area contributed by atoms with E-state index in [2.05, 4.69) is 10.6 Å². The monoisotopic (exact) mass is 232 g/mol. The van der Waals surface area contributed by atoms with Crippen LogP contribution in [0.15, 0.2) is 47.1 Å². The van der Waals surface area contributed by atoms with Crippen LogP contribution in [0.25, 0.3) is 0 Å². The van der Waals surface area contributed by atoms with Crippen molar-refractivity contribution in [3.05, 3.63) is 42.7 Å². The van der Waals surface area contributed by atoms with E-state index < -0.39 is 0 Å². The van der Waals surface area contributed by atoms with Gasteiger partial charge in [-0.25, -0.2) is 4.79 Å². The van der Waals surface area contributed by atoms with Crippen molar-refractivity contribution in [2.24, 2.45) is 0 Å². The molecule has 0 atom stereocenters. The molecule has 2 N–H and O–H groups in total. The molecule has 2 rings (SSSR count). The van der Waals surface area contributed by atoms with Crippen molar-refractivity contribution in [2.45, 2.75) is 0 Å². The van der Waals surface area contributed by atoms with Crippen LogP contribution in [0.4, 0.5) is 16.4 Å². The Morgan fingerprint density at radius 2 is 2.00 bits per heavy atom. The number of urea groups is 1. The Bertz CT molecular complexity index is 494. The third-order valence-corrected chi connectivity index (χ3v) is 2.11. The minimum Gasteiger partial charge on any atom is -0.495 e. The number of rotatable bonds is 3. The summed E-state index contributed by atoms with van der Waals surface area (Å²) < 4.78 is 10.1. The Kier molecular flexibility index (Phi) is 3.30. The predicted octanol–water partition coefficient (Wildman–Crippen LogP) is 2.93. The molecule has 0 aliphatic heterocycles. The third kappa shape index (κ3) is 2.78. The van der Waals surface area contributed by atoms with E-state index in [0.717, 1.165) is 0 Å². The first-order valence-electron chi connectivity index (χ1n) is 5.04. The highest BCUT2D eigenvalue weighted by atomic mass is 16.5. The number of anilines is 2. The van der Waals surface area contributed by atoms with Crippen LogP contribution in [-0.2, 0) is 0 Å². The highest BCUT2D eigenvalue weighted by molar-refractivity contribution is 5.99. The second kappa shape index (κ2) is 5.07. The molecule has 1 aromatic carbocycles. The van der Waals surface area contributed by atoms with Gasteiger partial charge in [0.1, 0.15) is 5.75 Å². The van der Waals surface area contributed by atoms with Crippen LogP contribution < -0.4 is 15.4 Å². The molecule has 0 saturated carbocycles. The first-order chi connectivity index (χ1) is 8.29. The van der Waals surface area contributed by atoms with Gasteiger partial charge in [-0.15, -0.1) is 0 Å². The van der Waals surface area contributed by atoms with Gasteiger partial charge in [-0.05, 0) is 18.2 Å². The van der Waals surface area contributed by atoms with Gasteiger partial charge in [0.15, 0.2) is 0 Å². The lowest BCUT2D eigenvalue weighted by Crippen LogP contribution is -2.19. The summed E-state index contributed by atoms with van der Waals surface area (Å²) >= 11 is 0. The Morgan fingerprint density at radius 3 is 2.71 bits per heavy atom. The fourth-order valence-electron chi connectivity index (χ4n) is 1.36. The zero-order valence-corrected chi connectivity index (χ0v) is 9.27. The van der Waals surface area contributed by atoms with Gasteiger partial charge in [-0.2, -0.15) is 0 Å². The molecule has 2 aromatic rings. The van der Waals surface area contributed by atoms with E-state index in [4.69, 9.17) is 9.15 Å². The number of carbonyl (C=O) groups is 1. The fraction of sp³-hybridized carbons (Fsp3) is 0.0833. The Labute approximate surface area is 98.4 Å². The maximum absolute atomic E-state index is 11.6. The quantitative estimate of drug-likeness (QED) is 0.855. The van der Waals surface area contributed by atoms with E-state index in [0.29, 0.717) is 17.3 Å². The maximum atomic E-state index is 11.6. The average molecular weight is 232 g/mol. The summed E-state index contributed by atoms with van der Waals surface area (Å²) in [5, 5.41) is 5.21. The van der Waals surface area contributed by atoms with E-state index in [1.807, 2.05) is 12.1 Å². The van der Waals surface area contributed by atoms with Crippen molar-refractivity contribution in [3.8, 4) is 5.75 Å². The summed E-state index contributed by atoms with van der Waals surface area (Å²) in [4.78, 5) is 11.6. The Hall–Kier alpha value is -2.43. The first-order valence-corrected chi connectivity index (χ1v) is 5.04. The van der Waals surface area contributed by atoms with E-state index >= 15 is 0 Å². The second-order valence-electron chi connectivity index (χ2n) is 3.26. The normalized spacial score (nSPS) is 9.71. The van der Waals surface area contributed by atoms with Gasteiger partial charge in [0.05, 0.1) is 19.1 Å². The van der Waals surface area contributed by atoms with E-state index in [1.54, 1.807) is 31.4 Å². The zero-order valence-electron chi connectivity index (χ0n) is 9.27. The molecule has 1 aromatic heterocycles. The van der Waals surface area contributed by atoms with Crippen LogP contribution in [0.2, 0.25) is 0 Å². The number of ether oxygens (including phenoxy) is 1. The molecule has 5 nitrogen and oxygen atoms in total. The topological polar surface area (TPSA) is 63.5 Å². The van der Waals surface area contributed by atoms with Crippen LogP contribution >= 0.6 is 0 Å². The smallest absolute Gasteiger partial charge is 0.326 e. The van der Waals surface area contributed by atoms with Gasteiger partial charge in [0, 0.05) is 6.07 Å². The molecule has 0 spiro atoms. The molecule has 0 radical (unpaired) electrons. The zero-order chi connectivity index (χ0) is 12.1. The van der Waals surface area contributed by atoms with Gasteiger partial charge >= 0.3 is 6.03 Å². The summed E-state index contributed by atoms with van der Waals surface area (Å²) in [6, 6.07) is 10.1. The van der Waals surface area contributed by atoms with E-state index in [1.165, 1.54) is 6.26 Å². The first kappa shape index (κ1) is 11.1. The van der Waals surface area contributed by atoms with E-state index in [9.17, 15) is 4.79 Å². The van der Waals surface area contributed by atoms with Crippen molar-refractivity contribution in [3.63, 3.8) is 0 Å². The number of amides is 2. The highest BCUT2D eigenvalue weighted by Gasteiger charge is 2.07. The Morgan fingerprint density at radius 1 is 1.18 bits per heavy atom. The van der Waals surface area contributed by atoms with Gasteiger partial charge in [-0.1, -0.05) is 12.1 Å². The largest absolute Gasteiger partial charge is 0.495 e. The summed E-state index contributed by atoms with van der Waals surface area (Å²) in [5.41, 5.74) is 0.596. The lowest BCUT2D eigenvalue weighted by Gasteiger charge is -2.09. The number of para-hydroxylation sites is 2. The molecule has 0 aliphatic rings. The summed E-state index contributed by atoms with van der Waals surface area (Å²) in [6.07, 6.45) is 1.48. The maximum Gasteiger partial charge on any atom is 0.326 e. The molecule has 1 heterocycles. The lowest BCUT2D eigenvalue weighted by atomic mass is 10.3. The SMILES string of the molecule is COc1ccccc1NC(=O)Nc1ccco1. The molecule has 0 unspecified atom stereocenters. The number of methoxy groups -OCH3 is 1. The summed E-state index contributed by atoms with van der Waals surface area (Å²) in [7, 11) is 1.55. The van der Waals surface area contributed by atoms with Crippen LogP contribution in [0.3, 0.4) is 0 Å². The number of carbonyl (C=O) groups excluding carboxylic acids is 1. The molecule has 0 fully saturated rings. The summed E-state index contributed by atoms with van der Waals surface area (Å²) in [5.74, 6) is 0.986. The number of benzene rings is 1. The predicted molar refractivity (Wildman–Crippen MR) is 64.3 cm³/mol. The van der Waals surface area contributed by atoms with Gasteiger partial charge in [0.25, 0.3) is 0 Å². The molecule has 0 saturated heterocycles. The van der Waals surface area contributed by atoms with Gasteiger partial charge in [-0.3, -0.25) is 5.32 Å². The van der Waals surface area contributed by atoms with Crippen LogP contribution in [0, 0.1) is 0 Å². The molecule has 17 heavy (non-hydrogen) atoms. The minimum absolute atomic E-state index is 0.385. The van der Waals surface area contributed by atoms with Gasteiger partial charge in [0.2, 0.25) is 5.88 Å². The molecule has 5 heteroatoms. The number of hydrogen-bond acceptors (Lipinski definition) is 3. The second-order valence-corrected chi connectivity index (χ2v) is 3.26. The van der Waals surface area contributed by atoms with Crippen molar-refractivity contribution in [2.75, 3.05) is 17.7 Å². The molecule has 0 bridgehead atoms. The third-order valence-electron chi connectivity index (χ3n) is 2.11. The molecule has 0 aliphatic carbocycles. The minimum atomic E-state index is -0.385. The summed E-state index contributed by atoms with van der Waals surface area (Å²) in [6.45, 7) is 0. The van der Waals surface area contributed by atoms with E-state index in [-0.39, 0.29) is 6.03 Å². The number of hydrogen-bond donors (Lipinski definition) is 2. The van der Waals surface area contributed by atoms with Crippen LogP contribution in [0.1, 0.15) is 0 Å². The van der Waals surface area contributed by atoms with Crippen LogP contribution in [-0.4, -0.2) is 13.1 Å². The lowest BCUT2D eigenvalue weighted by molar-refractivity contribution is 0.261. The average Bonchev–Trinajstić information content (AvgIpc) is 2.82. The van der Waals surface area contributed by atoms with Crippen molar-refractivity contribution in [1.29, 1.82) is 0 Å². The molecular formula is C12H12N2O3. The van der Waals surface area contributed by atoms with Crippen molar-refractivity contribution < 1.29 is 13.9 Å². The van der Waals surface area contributed by atoms with Gasteiger partial charge < -0.3 is 14.5 Å². The molecular weight excluding hydrogens is 220 g/mol. The molecule has 2 amide bonds. The van der Waals surface area contributed by atoms with Crippen molar-refractivity contribution >= 4 is 17.6 Å². The van der Waals surface area contributed by atoms with Crippen LogP contribution in [0.5, 0.6) is 5.75 Å².